The summed E-state index contributed by atoms with van der Waals surface area (Å²) in [6, 6.07) is 0. The quantitative estimate of drug-likeness (QED) is 0.846. The van der Waals surface area contributed by atoms with Crippen molar-refractivity contribution in [1.82, 2.24) is 15.3 Å². The molecule has 112 valence electrons. The van der Waals surface area contributed by atoms with Crippen molar-refractivity contribution in [2.75, 3.05) is 0 Å². The number of oxazole rings is 1. The van der Waals surface area contributed by atoms with Crippen molar-refractivity contribution in [3.8, 4) is 0 Å². The van der Waals surface area contributed by atoms with Gasteiger partial charge in [0, 0.05) is 11.3 Å². The molecule has 0 atom stereocenters. The predicted molar refractivity (Wildman–Crippen MR) is 77.4 cm³/mol. The van der Waals surface area contributed by atoms with E-state index in [2.05, 4.69) is 15.3 Å². The maximum atomic E-state index is 12.2. The number of hydrogen-bond donors (Lipinski definition) is 2. The summed E-state index contributed by atoms with van der Waals surface area (Å²) < 4.78 is 5.41. The van der Waals surface area contributed by atoms with Gasteiger partial charge in [0.25, 0.3) is 5.91 Å². The molecule has 0 saturated heterocycles. The van der Waals surface area contributed by atoms with Gasteiger partial charge < -0.3 is 14.7 Å². The Balaban J connectivity index is 2.14. The van der Waals surface area contributed by atoms with Crippen LogP contribution in [0.1, 0.15) is 56.4 Å². The number of aromatic nitrogens is 2. The van der Waals surface area contributed by atoms with Gasteiger partial charge in [-0.05, 0) is 40.2 Å². The number of nitrogens with zero attached hydrogens (tertiary/aromatic N) is 1. The minimum atomic E-state index is -0.281. The van der Waals surface area contributed by atoms with Gasteiger partial charge in [0.05, 0.1) is 12.2 Å². The molecule has 0 aliphatic heterocycles. The minimum Gasteiger partial charge on any atom is -0.444 e. The topological polar surface area (TPSA) is 88.0 Å². The van der Waals surface area contributed by atoms with Gasteiger partial charge >= 0.3 is 0 Å². The smallest absolute Gasteiger partial charge is 0.268 e. The molecular weight excluding hydrogens is 270 g/mol. The number of H-pyrrole nitrogens is 1. The maximum absolute atomic E-state index is 12.2. The van der Waals surface area contributed by atoms with Crippen molar-refractivity contribution in [2.24, 2.45) is 0 Å². The standard InChI is InChI=1S/C15H19N3O3/c1-7-13(10(4)19)9(3)18-14(7)15(20)16-6-12-17-8(2)11(5)21-12/h18H,6H2,1-5H3,(H,16,20). The molecule has 0 bridgehead atoms. The fraction of sp³-hybridized carbons (Fsp3) is 0.400. The number of rotatable bonds is 4. The molecule has 21 heavy (non-hydrogen) atoms. The van der Waals surface area contributed by atoms with Crippen LogP contribution in [0.25, 0.3) is 0 Å². The van der Waals surface area contributed by atoms with E-state index in [1.165, 1.54) is 6.92 Å². The predicted octanol–water partition coefficient (Wildman–Crippen LogP) is 2.37. The lowest BCUT2D eigenvalue weighted by atomic mass is 10.1. The summed E-state index contributed by atoms with van der Waals surface area (Å²) >= 11 is 0. The highest BCUT2D eigenvalue weighted by atomic mass is 16.4. The Morgan fingerprint density at radius 2 is 1.90 bits per heavy atom. The number of Topliss-reactive ketones (excluding diaryl/α,β-unsaturated/α-hetero) is 1. The average molecular weight is 289 g/mol. The van der Waals surface area contributed by atoms with Gasteiger partial charge in [-0.15, -0.1) is 0 Å². The highest BCUT2D eigenvalue weighted by Crippen LogP contribution is 2.18. The lowest BCUT2D eigenvalue weighted by Gasteiger charge is -2.02. The molecular formula is C15H19N3O3. The molecule has 2 aromatic heterocycles. The van der Waals surface area contributed by atoms with Crippen LogP contribution in [0.15, 0.2) is 4.42 Å². The number of aryl methyl sites for hydroxylation is 3. The van der Waals surface area contributed by atoms with E-state index in [0.717, 1.165) is 11.5 Å². The van der Waals surface area contributed by atoms with E-state index in [1.807, 2.05) is 13.8 Å². The highest BCUT2D eigenvalue weighted by Gasteiger charge is 2.20. The zero-order valence-electron chi connectivity index (χ0n) is 12.9. The third-order valence-corrected chi connectivity index (χ3v) is 3.49. The molecule has 2 aromatic rings. The molecule has 0 aliphatic carbocycles. The van der Waals surface area contributed by atoms with Gasteiger partial charge in [-0.2, -0.15) is 0 Å². The first-order chi connectivity index (χ1) is 9.81. The van der Waals surface area contributed by atoms with Crippen molar-refractivity contribution in [2.45, 2.75) is 41.2 Å². The van der Waals surface area contributed by atoms with Gasteiger partial charge in [-0.1, -0.05) is 0 Å². The van der Waals surface area contributed by atoms with Crippen molar-refractivity contribution in [3.63, 3.8) is 0 Å². The van der Waals surface area contributed by atoms with Crippen molar-refractivity contribution < 1.29 is 14.0 Å². The van der Waals surface area contributed by atoms with Crippen molar-refractivity contribution in [1.29, 1.82) is 0 Å². The van der Waals surface area contributed by atoms with Gasteiger partial charge in [-0.3, -0.25) is 9.59 Å². The van der Waals surface area contributed by atoms with Crippen molar-refractivity contribution >= 4 is 11.7 Å². The van der Waals surface area contributed by atoms with Crippen LogP contribution in [0.5, 0.6) is 0 Å². The molecule has 0 radical (unpaired) electrons. The fourth-order valence-electron chi connectivity index (χ4n) is 2.36. The molecule has 0 aliphatic rings. The molecule has 0 spiro atoms. The Labute approximate surface area is 123 Å². The summed E-state index contributed by atoms with van der Waals surface area (Å²) in [6.45, 7) is 8.91. The number of carbonyl (C=O) groups excluding carboxylic acids is 2. The summed E-state index contributed by atoms with van der Waals surface area (Å²) in [4.78, 5) is 30.9. The van der Waals surface area contributed by atoms with Crippen LogP contribution in [0.3, 0.4) is 0 Å². The van der Waals surface area contributed by atoms with E-state index < -0.39 is 0 Å². The maximum Gasteiger partial charge on any atom is 0.268 e. The average Bonchev–Trinajstić information content (AvgIpc) is 2.87. The fourth-order valence-corrected chi connectivity index (χ4v) is 2.36. The van der Waals surface area contributed by atoms with Crippen LogP contribution in [-0.4, -0.2) is 21.7 Å². The molecule has 2 N–H and O–H groups in total. The molecule has 1 amide bonds. The number of hydrogen-bond acceptors (Lipinski definition) is 4. The van der Waals surface area contributed by atoms with Gasteiger partial charge in [0.1, 0.15) is 11.5 Å². The summed E-state index contributed by atoms with van der Waals surface area (Å²) in [5, 5.41) is 2.74. The van der Waals surface area contributed by atoms with Gasteiger partial charge in [-0.25, -0.2) is 4.98 Å². The lowest BCUT2D eigenvalue weighted by Crippen LogP contribution is -2.24. The SMILES string of the molecule is CC(=O)c1c(C)[nH]c(C(=O)NCc2nc(C)c(C)o2)c1C. The number of carbonyl (C=O) groups is 2. The van der Waals surface area contributed by atoms with Crippen LogP contribution < -0.4 is 5.32 Å². The summed E-state index contributed by atoms with van der Waals surface area (Å²) in [5.74, 6) is 0.868. The Morgan fingerprint density at radius 1 is 1.24 bits per heavy atom. The van der Waals surface area contributed by atoms with Crippen LogP contribution in [-0.2, 0) is 6.54 Å². The zero-order valence-corrected chi connectivity index (χ0v) is 12.9. The first-order valence-electron chi connectivity index (χ1n) is 6.72. The Morgan fingerprint density at radius 3 is 2.38 bits per heavy atom. The second-order valence-electron chi connectivity index (χ2n) is 5.11. The molecule has 0 aromatic carbocycles. The van der Waals surface area contributed by atoms with Gasteiger partial charge in [0.15, 0.2) is 5.78 Å². The van der Waals surface area contributed by atoms with E-state index in [9.17, 15) is 9.59 Å². The minimum absolute atomic E-state index is 0.0562. The Bertz CT molecular complexity index is 691. The summed E-state index contributed by atoms with van der Waals surface area (Å²) in [7, 11) is 0. The number of aromatic amines is 1. The zero-order chi connectivity index (χ0) is 15.7. The van der Waals surface area contributed by atoms with E-state index in [4.69, 9.17) is 4.42 Å². The second kappa shape index (κ2) is 5.55. The van der Waals surface area contributed by atoms with E-state index >= 15 is 0 Å². The molecule has 2 rings (SSSR count). The van der Waals surface area contributed by atoms with E-state index in [0.29, 0.717) is 28.4 Å². The Kier molecular flexibility index (Phi) is 3.97. The summed E-state index contributed by atoms with van der Waals surface area (Å²) in [5.41, 5.74) is 3.15. The van der Waals surface area contributed by atoms with Crippen LogP contribution in [0.2, 0.25) is 0 Å². The third kappa shape index (κ3) is 2.89. The van der Waals surface area contributed by atoms with Crippen LogP contribution >= 0.6 is 0 Å². The van der Waals surface area contributed by atoms with Crippen LogP contribution in [0.4, 0.5) is 0 Å². The first-order valence-corrected chi connectivity index (χ1v) is 6.72. The number of nitrogens with one attached hydrogen (secondary N) is 2. The Hall–Kier alpha value is -2.37. The van der Waals surface area contributed by atoms with E-state index in [-0.39, 0.29) is 18.2 Å². The largest absolute Gasteiger partial charge is 0.444 e. The molecule has 6 heteroatoms. The molecule has 0 unspecified atom stereocenters. The highest BCUT2D eigenvalue weighted by molar-refractivity contribution is 6.02. The number of ketones is 1. The molecule has 6 nitrogen and oxygen atoms in total. The number of amides is 1. The first kappa shape index (κ1) is 15.0. The monoisotopic (exact) mass is 289 g/mol. The van der Waals surface area contributed by atoms with Crippen LogP contribution in [0, 0.1) is 27.7 Å². The third-order valence-electron chi connectivity index (χ3n) is 3.49. The van der Waals surface area contributed by atoms with Crippen molar-refractivity contribution in [3.05, 3.63) is 39.9 Å². The molecule has 0 fully saturated rings. The normalized spacial score (nSPS) is 10.7. The van der Waals surface area contributed by atoms with E-state index in [1.54, 1.807) is 13.8 Å². The summed E-state index contributed by atoms with van der Waals surface area (Å²) in [6.07, 6.45) is 0. The molecule has 2 heterocycles. The lowest BCUT2D eigenvalue weighted by molar-refractivity contribution is 0.0941. The van der Waals surface area contributed by atoms with Gasteiger partial charge in [0.2, 0.25) is 5.89 Å². The second-order valence-corrected chi connectivity index (χ2v) is 5.11. The molecule has 0 saturated carbocycles.